The van der Waals surface area contributed by atoms with Gasteiger partial charge in [-0.2, -0.15) is 0 Å². The highest BCUT2D eigenvalue weighted by Gasteiger charge is 2.12. The summed E-state index contributed by atoms with van der Waals surface area (Å²) in [5.41, 5.74) is 0.180. The number of aromatic nitrogens is 2. The van der Waals surface area contributed by atoms with Crippen LogP contribution in [-0.2, 0) is 20.9 Å². The van der Waals surface area contributed by atoms with Crippen molar-refractivity contribution in [2.45, 2.75) is 19.4 Å². The van der Waals surface area contributed by atoms with Crippen LogP contribution in [-0.4, -0.2) is 55.3 Å². The van der Waals surface area contributed by atoms with Crippen molar-refractivity contribution >= 4 is 28.8 Å². The van der Waals surface area contributed by atoms with Crippen LogP contribution in [0.4, 0.5) is 4.79 Å². The van der Waals surface area contributed by atoms with E-state index in [4.69, 9.17) is 14.2 Å². The number of amides is 3. The van der Waals surface area contributed by atoms with E-state index in [2.05, 4.69) is 10.3 Å². The Morgan fingerprint density at radius 2 is 1.83 bits per heavy atom. The lowest BCUT2D eigenvalue weighted by atomic mass is 10.2. The van der Waals surface area contributed by atoms with E-state index in [-0.39, 0.29) is 18.5 Å². The van der Waals surface area contributed by atoms with Crippen LogP contribution in [0.25, 0.3) is 10.9 Å². The molecule has 0 atom stereocenters. The van der Waals surface area contributed by atoms with E-state index >= 15 is 0 Å². The third-order valence-electron chi connectivity index (χ3n) is 3.95. The van der Waals surface area contributed by atoms with Crippen LogP contribution < -0.4 is 25.7 Å². The van der Waals surface area contributed by atoms with Gasteiger partial charge in [0.15, 0.2) is 18.1 Å². The summed E-state index contributed by atoms with van der Waals surface area (Å²) in [5, 5.41) is 4.53. The van der Waals surface area contributed by atoms with Crippen molar-refractivity contribution in [2.24, 2.45) is 0 Å². The highest BCUT2D eigenvalue weighted by molar-refractivity contribution is 5.95. The number of rotatable bonds is 8. The maximum absolute atomic E-state index is 12.6. The van der Waals surface area contributed by atoms with Crippen molar-refractivity contribution in [3.05, 3.63) is 28.8 Å². The van der Waals surface area contributed by atoms with Gasteiger partial charge in [0.05, 0.1) is 31.4 Å². The van der Waals surface area contributed by atoms with Gasteiger partial charge in [-0.1, -0.05) is 0 Å². The van der Waals surface area contributed by atoms with Gasteiger partial charge in [-0.15, -0.1) is 0 Å². The standard InChI is InChI=1S/C18H22N4O7/c1-19-18(26)21-15(23)9-29-16(24)5-4-6-22-10-20-12-8-14(28-3)13(27-2)7-11(12)17(22)25/h7-8,10H,4-6,9H2,1-3H3,(H2,19,21,23,26). The number of nitrogens with zero attached hydrogens (tertiary/aromatic N) is 2. The number of carbonyl (C=O) groups is 3. The molecule has 0 aliphatic rings. The third-order valence-corrected chi connectivity index (χ3v) is 3.95. The number of hydrogen-bond donors (Lipinski definition) is 2. The fourth-order valence-electron chi connectivity index (χ4n) is 2.48. The summed E-state index contributed by atoms with van der Waals surface area (Å²) < 4.78 is 16.6. The Kier molecular flexibility index (Phi) is 7.52. The van der Waals surface area contributed by atoms with Crippen molar-refractivity contribution in [1.29, 1.82) is 0 Å². The lowest BCUT2D eigenvalue weighted by molar-refractivity contribution is -0.148. The predicted molar refractivity (Wildman–Crippen MR) is 102 cm³/mol. The molecular formula is C18H22N4O7. The zero-order valence-electron chi connectivity index (χ0n) is 16.3. The zero-order chi connectivity index (χ0) is 21.4. The molecule has 0 aliphatic heterocycles. The Bertz CT molecular complexity index is 971. The number of esters is 1. The van der Waals surface area contributed by atoms with E-state index in [9.17, 15) is 19.2 Å². The second kappa shape index (κ2) is 10.1. The normalized spacial score (nSPS) is 10.3. The highest BCUT2D eigenvalue weighted by atomic mass is 16.5. The topological polar surface area (TPSA) is 138 Å². The molecule has 0 bridgehead atoms. The van der Waals surface area contributed by atoms with E-state index in [1.165, 1.54) is 32.2 Å². The van der Waals surface area contributed by atoms with Crippen molar-refractivity contribution in [2.75, 3.05) is 27.9 Å². The molecule has 1 aromatic carbocycles. The van der Waals surface area contributed by atoms with E-state index in [1.54, 1.807) is 12.1 Å². The number of aryl methyl sites for hydroxylation is 1. The van der Waals surface area contributed by atoms with Crippen LogP contribution in [0, 0.1) is 0 Å². The maximum atomic E-state index is 12.6. The molecule has 29 heavy (non-hydrogen) atoms. The first-order valence-electron chi connectivity index (χ1n) is 8.68. The zero-order valence-corrected chi connectivity index (χ0v) is 16.3. The molecule has 0 saturated heterocycles. The molecule has 3 amide bonds. The summed E-state index contributed by atoms with van der Waals surface area (Å²) in [7, 11) is 4.32. The molecule has 11 nitrogen and oxygen atoms in total. The number of benzene rings is 1. The molecule has 2 aromatic rings. The average Bonchev–Trinajstić information content (AvgIpc) is 2.72. The van der Waals surface area contributed by atoms with Crippen molar-refractivity contribution in [3.63, 3.8) is 0 Å². The molecule has 1 heterocycles. The first-order valence-corrected chi connectivity index (χ1v) is 8.68. The summed E-state index contributed by atoms with van der Waals surface area (Å²) in [6, 6.07) is 2.48. The molecule has 0 spiro atoms. The average molecular weight is 406 g/mol. The summed E-state index contributed by atoms with van der Waals surface area (Å²) in [4.78, 5) is 50.9. The molecular weight excluding hydrogens is 384 g/mol. The smallest absolute Gasteiger partial charge is 0.321 e. The number of methoxy groups -OCH3 is 2. The second-order valence-electron chi connectivity index (χ2n) is 5.86. The molecule has 0 saturated carbocycles. The first-order chi connectivity index (χ1) is 13.9. The van der Waals surface area contributed by atoms with Gasteiger partial charge in [-0.05, 0) is 12.5 Å². The lowest BCUT2D eigenvalue weighted by Gasteiger charge is -2.10. The fourth-order valence-corrected chi connectivity index (χ4v) is 2.48. The third kappa shape index (κ3) is 5.67. The molecule has 11 heteroatoms. The fraction of sp³-hybridized carbons (Fsp3) is 0.389. The largest absolute Gasteiger partial charge is 0.493 e. The molecule has 1 aromatic heterocycles. The number of imide groups is 1. The lowest BCUT2D eigenvalue weighted by Crippen LogP contribution is -2.39. The Morgan fingerprint density at radius 1 is 1.14 bits per heavy atom. The number of fused-ring (bicyclic) bond motifs is 1. The number of carbonyl (C=O) groups excluding carboxylic acids is 3. The molecule has 0 aliphatic carbocycles. The van der Waals surface area contributed by atoms with Crippen LogP contribution in [0.5, 0.6) is 11.5 Å². The van der Waals surface area contributed by atoms with Crippen molar-refractivity contribution in [1.82, 2.24) is 20.2 Å². The Morgan fingerprint density at radius 3 is 2.48 bits per heavy atom. The molecule has 2 rings (SSSR count). The minimum Gasteiger partial charge on any atom is -0.493 e. The molecule has 156 valence electrons. The van der Waals surface area contributed by atoms with Gasteiger partial charge in [0, 0.05) is 26.1 Å². The van der Waals surface area contributed by atoms with E-state index in [0.29, 0.717) is 28.8 Å². The Balaban J connectivity index is 1.94. The van der Waals surface area contributed by atoms with Gasteiger partial charge in [-0.25, -0.2) is 9.78 Å². The second-order valence-corrected chi connectivity index (χ2v) is 5.86. The van der Waals surface area contributed by atoms with Gasteiger partial charge in [-0.3, -0.25) is 24.3 Å². The van der Waals surface area contributed by atoms with E-state index in [1.807, 2.05) is 5.32 Å². The number of ether oxygens (including phenoxy) is 3. The molecule has 0 unspecified atom stereocenters. The SMILES string of the molecule is CNC(=O)NC(=O)COC(=O)CCCn1cnc2cc(OC)c(OC)cc2c1=O. The van der Waals surface area contributed by atoms with Crippen LogP contribution in [0.3, 0.4) is 0 Å². The molecule has 0 fully saturated rings. The number of nitrogens with one attached hydrogen (secondary N) is 2. The summed E-state index contributed by atoms with van der Waals surface area (Å²) in [5.74, 6) is -0.481. The quantitative estimate of drug-likeness (QED) is 0.593. The summed E-state index contributed by atoms with van der Waals surface area (Å²) in [6.07, 6.45) is 1.68. The highest BCUT2D eigenvalue weighted by Crippen LogP contribution is 2.29. The van der Waals surface area contributed by atoms with Gasteiger partial charge < -0.3 is 19.5 Å². The predicted octanol–water partition coefficient (Wildman–Crippen LogP) is 0.193. The van der Waals surface area contributed by atoms with Crippen LogP contribution in [0.2, 0.25) is 0 Å². The van der Waals surface area contributed by atoms with Crippen LogP contribution >= 0.6 is 0 Å². The number of hydrogen-bond acceptors (Lipinski definition) is 8. The van der Waals surface area contributed by atoms with Gasteiger partial charge in [0.25, 0.3) is 11.5 Å². The van der Waals surface area contributed by atoms with Crippen LogP contribution in [0.15, 0.2) is 23.3 Å². The van der Waals surface area contributed by atoms with Gasteiger partial charge >= 0.3 is 12.0 Å². The Hall–Kier alpha value is -3.63. The van der Waals surface area contributed by atoms with Crippen molar-refractivity contribution < 1.29 is 28.6 Å². The summed E-state index contributed by atoms with van der Waals surface area (Å²) >= 11 is 0. The first kappa shape index (κ1) is 21.7. The minimum absolute atomic E-state index is 0.0103. The summed E-state index contributed by atoms with van der Waals surface area (Å²) in [6.45, 7) is -0.332. The van der Waals surface area contributed by atoms with Gasteiger partial charge in [0.2, 0.25) is 0 Å². The Labute approximate surface area is 165 Å². The maximum Gasteiger partial charge on any atom is 0.321 e. The van der Waals surface area contributed by atoms with Crippen molar-refractivity contribution in [3.8, 4) is 11.5 Å². The van der Waals surface area contributed by atoms with E-state index < -0.39 is 24.5 Å². The molecule has 0 radical (unpaired) electrons. The van der Waals surface area contributed by atoms with Crippen LogP contribution in [0.1, 0.15) is 12.8 Å². The number of urea groups is 1. The monoisotopic (exact) mass is 406 g/mol. The van der Waals surface area contributed by atoms with Gasteiger partial charge in [0.1, 0.15) is 0 Å². The van der Waals surface area contributed by atoms with E-state index in [0.717, 1.165) is 0 Å². The minimum atomic E-state index is -0.739. The molecule has 2 N–H and O–H groups in total.